The number of likely N-dealkylation sites (tertiary alicyclic amines) is 1. The van der Waals surface area contributed by atoms with Crippen LogP contribution in [0, 0.1) is 0 Å². The Labute approximate surface area is 96.5 Å². The van der Waals surface area contributed by atoms with Crippen LogP contribution in [0.1, 0.15) is 23.2 Å². The summed E-state index contributed by atoms with van der Waals surface area (Å²) in [5, 5.41) is 0. The number of rotatable bonds is 1. The second kappa shape index (κ2) is 4.37. The van der Waals surface area contributed by atoms with Crippen LogP contribution >= 0.6 is 15.9 Å². The fourth-order valence-corrected chi connectivity index (χ4v) is 2.22. The third-order valence-corrected chi connectivity index (χ3v) is 3.21. The van der Waals surface area contributed by atoms with Crippen LogP contribution in [0.2, 0.25) is 0 Å². The molecule has 0 bridgehead atoms. The molecule has 1 atom stereocenters. The third kappa shape index (κ3) is 2.23. The number of carbonyl (C=O) groups excluding carboxylic acids is 1. The van der Waals surface area contributed by atoms with E-state index < -0.39 is 0 Å². The summed E-state index contributed by atoms with van der Waals surface area (Å²) in [5.41, 5.74) is 6.40. The van der Waals surface area contributed by atoms with Gasteiger partial charge >= 0.3 is 0 Å². The minimum absolute atomic E-state index is 0.00854. The van der Waals surface area contributed by atoms with E-state index in [1.165, 1.54) is 6.26 Å². The van der Waals surface area contributed by atoms with E-state index in [4.69, 9.17) is 10.2 Å². The lowest BCUT2D eigenvalue weighted by atomic mass is 10.1. The highest BCUT2D eigenvalue weighted by molar-refractivity contribution is 9.10. The number of hydrogen-bond donors (Lipinski definition) is 1. The minimum atomic E-state index is -0.00854. The van der Waals surface area contributed by atoms with E-state index in [1.54, 1.807) is 11.0 Å². The average Bonchev–Trinajstić information content (AvgIpc) is 2.63. The number of nitrogens with two attached hydrogens (primary N) is 1. The molecule has 1 aromatic heterocycles. The highest BCUT2D eigenvalue weighted by Gasteiger charge is 2.24. The van der Waals surface area contributed by atoms with E-state index in [1.807, 2.05) is 0 Å². The van der Waals surface area contributed by atoms with Gasteiger partial charge in [0.15, 0.2) is 4.67 Å². The molecular weight excluding hydrogens is 260 g/mol. The number of nitrogens with zero attached hydrogens (tertiary/aromatic N) is 1. The largest absolute Gasteiger partial charge is 0.457 e. The van der Waals surface area contributed by atoms with Crippen molar-refractivity contribution < 1.29 is 9.21 Å². The summed E-state index contributed by atoms with van der Waals surface area (Å²) in [6.45, 7) is 1.42. The van der Waals surface area contributed by atoms with E-state index in [0.717, 1.165) is 19.4 Å². The summed E-state index contributed by atoms with van der Waals surface area (Å²) >= 11 is 3.20. The van der Waals surface area contributed by atoms with Gasteiger partial charge in [-0.05, 0) is 34.8 Å². The molecule has 0 aliphatic carbocycles. The lowest BCUT2D eigenvalue weighted by Gasteiger charge is -2.30. The second-order valence-electron chi connectivity index (χ2n) is 3.76. The molecule has 1 unspecified atom stereocenters. The molecule has 1 aliphatic rings. The Balaban J connectivity index is 2.11. The van der Waals surface area contributed by atoms with E-state index in [2.05, 4.69) is 15.9 Å². The predicted molar refractivity (Wildman–Crippen MR) is 59.5 cm³/mol. The first-order valence-electron chi connectivity index (χ1n) is 4.96. The number of furan rings is 1. The maximum atomic E-state index is 12.0. The quantitative estimate of drug-likeness (QED) is 0.845. The highest BCUT2D eigenvalue weighted by atomic mass is 79.9. The van der Waals surface area contributed by atoms with Crippen molar-refractivity contribution in [3.8, 4) is 0 Å². The lowest BCUT2D eigenvalue weighted by Crippen LogP contribution is -2.45. The standard InChI is InChI=1S/C10H13BrN2O2/c11-9-8(3-5-15-9)10(14)13-4-1-2-7(12)6-13/h3,5,7H,1-2,4,6,12H2. The number of amides is 1. The molecule has 0 radical (unpaired) electrons. The highest BCUT2D eigenvalue weighted by Crippen LogP contribution is 2.21. The topological polar surface area (TPSA) is 59.5 Å². The normalized spacial score (nSPS) is 21.7. The first-order chi connectivity index (χ1) is 7.18. The Kier molecular flexibility index (Phi) is 3.11. The molecule has 1 fully saturated rings. The molecular formula is C10H13BrN2O2. The number of piperidine rings is 1. The zero-order valence-electron chi connectivity index (χ0n) is 8.28. The van der Waals surface area contributed by atoms with Crippen LogP contribution < -0.4 is 5.73 Å². The molecule has 4 nitrogen and oxygen atoms in total. The van der Waals surface area contributed by atoms with Crippen molar-refractivity contribution in [3.05, 3.63) is 22.6 Å². The second-order valence-corrected chi connectivity index (χ2v) is 4.48. The van der Waals surface area contributed by atoms with Crippen LogP contribution in [-0.2, 0) is 0 Å². The molecule has 1 amide bonds. The number of hydrogen-bond acceptors (Lipinski definition) is 3. The first kappa shape index (κ1) is 10.7. The maximum absolute atomic E-state index is 12.0. The number of halogens is 1. The molecule has 15 heavy (non-hydrogen) atoms. The molecule has 1 saturated heterocycles. The summed E-state index contributed by atoms with van der Waals surface area (Å²) in [6, 6.07) is 1.78. The zero-order valence-corrected chi connectivity index (χ0v) is 9.87. The van der Waals surface area contributed by atoms with Gasteiger partial charge < -0.3 is 15.1 Å². The Morgan fingerprint density at radius 3 is 3.07 bits per heavy atom. The van der Waals surface area contributed by atoms with Crippen LogP contribution in [0.25, 0.3) is 0 Å². The van der Waals surface area contributed by atoms with E-state index in [-0.39, 0.29) is 11.9 Å². The predicted octanol–water partition coefficient (Wildman–Crippen LogP) is 1.61. The van der Waals surface area contributed by atoms with Crippen LogP contribution in [0.15, 0.2) is 21.4 Å². The molecule has 5 heteroatoms. The Bertz CT molecular complexity index is 364. The summed E-state index contributed by atoms with van der Waals surface area (Å²) in [7, 11) is 0. The fraction of sp³-hybridized carbons (Fsp3) is 0.500. The molecule has 1 aromatic rings. The van der Waals surface area contributed by atoms with Gasteiger partial charge in [-0.25, -0.2) is 0 Å². The van der Waals surface area contributed by atoms with Gasteiger partial charge in [-0.2, -0.15) is 0 Å². The monoisotopic (exact) mass is 272 g/mol. The van der Waals surface area contributed by atoms with Crippen molar-refractivity contribution in [2.45, 2.75) is 18.9 Å². The van der Waals surface area contributed by atoms with Gasteiger partial charge in [0, 0.05) is 19.1 Å². The summed E-state index contributed by atoms with van der Waals surface area (Å²) in [5.74, 6) is -0.00854. The molecule has 0 aromatic carbocycles. The van der Waals surface area contributed by atoms with Gasteiger partial charge in [-0.15, -0.1) is 0 Å². The summed E-state index contributed by atoms with van der Waals surface area (Å²) in [4.78, 5) is 13.8. The van der Waals surface area contributed by atoms with Gasteiger partial charge in [0.25, 0.3) is 5.91 Å². The van der Waals surface area contributed by atoms with E-state index >= 15 is 0 Å². The zero-order chi connectivity index (χ0) is 10.8. The molecule has 0 saturated carbocycles. The van der Waals surface area contributed by atoms with Crippen molar-refractivity contribution in [3.63, 3.8) is 0 Å². The van der Waals surface area contributed by atoms with Crippen LogP contribution in [0.3, 0.4) is 0 Å². The fourth-order valence-electron chi connectivity index (χ4n) is 1.81. The van der Waals surface area contributed by atoms with Gasteiger partial charge in [-0.1, -0.05) is 0 Å². The molecule has 82 valence electrons. The molecule has 1 aliphatic heterocycles. The van der Waals surface area contributed by atoms with Crippen LogP contribution in [-0.4, -0.2) is 29.9 Å². The van der Waals surface area contributed by atoms with Gasteiger partial charge in [0.2, 0.25) is 0 Å². The van der Waals surface area contributed by atoms with Crippen molar-refractivity contribution in [1.82, 2.24) is 4.90 Å². The van der Waals surface area contributed by atoms with Crippen molar-refractivity contribution in [1.29, 1.82) is 0 Å². The van der Waals surface area contributed by atoms with E-state index in [0.29, 0.717) is 16.8 Å². The van der Waals surface area contributed by atoms with Gasteiger partial charge in [0.1, 0.15) is 0 Å². The molecule has 2 heterocycles. The van der Waals surface area contributed by atoms with E-state index in [9.17, 15) is 4.79 Å². The molecule has 2 N–H and O–H groups in total. The lowest BCUT2D eigenvalue weighted by molar-refractivity contribution is 0.0707. The van der Waals surface area contributed by atoms with Gasteiger partial charge in [0.05, 0.1) is 11.8 Å². The van der Waals surface area contributed by atoms with Crippen molar-refractivity contribution in [2.24, 2.45) is 5.73 Å². The molecule has 0 spiro atoms. The molecule has 2 rings (SSSR count). The first-order valence-corrected chi connectivity index (χ1v) is 5.75. The van der Waals surface area contributed by atoms with Crippen LogP contribution in [0.4, 0.5) is 0 Å². The summed E-state index contributed by atoms with van der Waals surface area (Å²) in [6.07, 6.45) is 3.47. The maximum Gasteiger partial charge on any atom is 0.258 e. The van der Waals surface area contributed by atoms with Crippen molar-refractivity contribution in [2.75, 3.05) is 13.1 Å². The summed E-state index contributed by atoms with van der Waals surface area (Å²) < 4.78 is 5.53. The van der Waals surface area contributed by atoms with Crippen LogP contribution in [0.5, 0.6) is 0 Å². The Morgan fingerprint density at radius 1 is 1.67 bits per heavy atom. The number of carbonyl (C=O) groups is 1. The van der Waals surface area contributed by atoms with Gasteiger partial charge in [-0.3, -0.25) is 4.79 Å². The Morgan fingerprint density at radius 2 is 2.47 bits per heavy atom. The minimum Gasteiger partial charge on any atom is -0.457 e. The SMILES string of the molecule is NC1CCCN(C(=O)c2ccoc2Br)C1. The average molecular weight is 273 g/mol. The van der Waals surface area contributed by atoms with Crippen molar-refractivity contribution >= 4 is 21.8 Å². The smallest absolute Gasteiger partial charge is 0.258 e. The third-order valence-electron chi connectivity index (χ3n) is 2.59. The Hall–Kier alpha value is -0.810.